The van der Waals surface area contributed by atoms with E-state index in [-0.39, 0.29) is 30.1 Å². The molecule has 1 aliphatic carbocycles. The van der Waals surface area contributed by atoms with Gasteiger partial charge in [0.1, 0.15) is 6.61 Å². The molecule has 6 nitrogen and oxygen atoms in total. The van der Waals surface area contributed by atoms with Crippen molar-refractivity contribution in [2.45, 2.75) is 37.3 Å². The summed E-state index contributed by atoms with van der Waals surface area (Å²) in [6.07, 6.45) is 5.30. The van der Waals surface area contributed by atoms with Gasteiger partial charge in [0, 0.05) is 26.2 Å². The highest BCUT2D eigenvalue weighted by molar-refractivity contribution is 5.87. The van der Waals surface area contributed by atoms with Crippen molar-refractivity contribution in [3.05, 3.63) is 12.7 Å². The van der Waals surface area contributed by atoms with Crippen LogP contribution < -0.4 is 0 Å². The monoisotopic (exact) mass is 308 g/mol. The summed E-state index contributed by atoms with van der Waals surface area (Å²) in [4.78, 5) is 28.1. The predicted molar refractivity (Wildman–Crippen MR) is 80.2 cm³/mol. The van der Waals surface area contributed by atoms with Crippen molar-refractivity contribution in [2.75, 3.05) is 39.5 Å². The largest absolute Gasteiger partial charge is 0.379 e. The summed E-state index contributed by atoms with van der Waals surface area (Å²) in [7, 11) is 0. The lowest BCUT2D eigenvalue weighted by atomic mass is 9.73. The molecule has 2 heterocycles. The van der Waals surface area contributed by atoms with Crippen LogP contribution in [0.15, 0.2) is 12.7 Å². The predicted octanol–water partition coefficient (Wildman–Crippen LogP) is 0.571. The first-order chi connectivity index (χ1) is 10.6. The third kappa shape index (κ3) is 2.90. The molecule has 3 fully saturated rings. The van der Waals surface area contributed by atoms with Gasteiger partial charge in [-0.3, -0.25) is 9.59 Å². The molecule has 0 aromatic carbocycles. The van der Waals surface area contributed by atoms with E-state index in [1.807, 2.05) is 9.80 Å². The van der Waals surface area contributed by atoms with Gasteiger partial charge in [-0.05, 0) is 31.8 Å². The van der Waals surface area contributed by atoms with Crippen LogP contribution in [0, 0.1) is 0 Å². The van der Waals surface area contributed by atoms with Crippen LogP contribution in [0.25, 0.3) is 0 Å². The van der Waals surface area contributed by atoms with Crippen LogP contribution in [0.4, 0.5) is 0 Å². The Kier molecular flexibility index (Phi) is 4.49. The Labute approximate surface area is 131 Å². The Morgan fingerprint density at radius 3 is 2.77 bits per heavy atom. The van der Waals surface area contributed by atoms with Gasteiger partial charge < -0.3 is 19.3 Å². The summed E-state index contributed by atoms with van der Waals surface area (Å²) in [6, 6.07) is 0. The standard InChI is InChI=1S/C16H24N2O4/c1-2-14(19)17-7-8-18(16(12-17)5-3-6-16)15(20)11-22-13-4-9-21-10-13/h2,13H,1,3-12H2/t13-/m1/s1. The van der Waals surface area contributed by atoms with Crippen molar-refractivity contribution in [3.63, 3.8) is 0 Å². The first-order valence-corrected chi connectivity index (χ1v) is 8.06. The quantitative estimate of drug-likeness (QED) is 0.713. The molecule has 2 saturated heterocycles. The smallest absolute Gasteiger partial charge is 0.249 e. The molecule has 22 heavy (non-hydrogen) atoms. The summed E-state index contributed by atoms with van der Waals surface area (Å²) in [5, 5.41) is 0. The third-order valence-corrected chi connectivity index (χ3v) is 5.05. The summed E-state index contributed by atoms with van der Waals surface area (Å²) in [6.45, 7) is 6.75. The van der Waals surface area contributed by atoms with Crippen LogP contribution in [0.3, 0.4) is 0 Å². The molecule has 0 radical (unpaired) electrons. The minimum atomic E-state index is -0.177. The Balaban J connectivity index is 1.59. The van der Waals surface area contributed by atoms with Crippen LogP contribution in [-0.4, -0.2) is 72.7 Å². The van der Waals surface area contributed by atoms with Gasteiger partial charge in [0.2, 0.25) is 11.8 Å². The van der Waals surface area contributed by atoms with Crippen molar-refractivity contribution >= 4 is 11.8 Å². The molecule has 3 rings (SSSR count). The van der Waals surface area contributed by atoms with E-state index in [0.29, 0.717) is 32.8 Å². The van der Waals surface area contributed by atoms with Crippen LogP contribution >= 0.6 is 0 Å². The molecule has 3 aliphatic rings. The Bertz CT molecular complexity index is 455. The molecular formula is C16H24N2O4. The fourth-order valence-corrected chi connectivity index (χ4v) is 3.61. The number of carbonyl (C=O) groups excluding carboxylic acids is 2. The maximum atomic E-state index is 12.5. The summed E-state index contributed by atoms with van der Waals surface area (Å²) in [5.74, 6) is -0.00460. The van der Waals surface area contributed by atoms with E-state index in [1.54, 1.807) is 0 Å². The zero-order chi connectivity index (χ0) is 15.6. The normalized spacial score (nSPS) is 26.8. The summed E-state index contributed by atoms with van der Waals surface area (Å²) >= 11 is 0. The zero-order valence-electron chi connectivity index (χ0n) is 13.0. The fraction of sp³-hybridized carbons (Fsp3) is 0.750. The molecule has 0 aromatic heterocycles. The second-order valence-electron chi connectivity index (χ2n) is 6.38. The number of piperazine rings is 1. The van der Waals surface area contributed by atoms with E-state index < -0.39 is 0 Å². The molecular weight excluding hydrogens is 284 g/mol. The number of carbonyl (C=O) groups is 2. The van der Waals surface area contributed by atoms with Crippen molar-refractivity contribution in [3.8, 4) is 0 Å². The van der Waals surface area contributed by atoms with E-state index in [1.165, 1.54) is 6.08 Å². The lowest BCUT2D eigenvalue weighted by Crippen LogP contribution is -2.68. The van der Waals surface area contributed by atoms with E-state index >= 15 is 0 Å². The average Bonchev–Trinajstić information content (AvgIpc) is 3.03. The number of nitrogens with zero attached hydrogens (tertiary/aromatic N) is 2. The van der Waals surface area contributed by atoms with E-state index in [4.69, 9.17) is 9.47 Å². The molecule has 1 saturated carbocycles. The lowest BCUT2D eigenvalue weighted by molar-refractivity contribution is -0.158. The van der Waals surface area contributed by atoms with Gasteiger partial charge in [-0.15, -0.1) is 0 Å². The first kappa shape index (κ1) is 15.5. The molecule has 0 N–H and O–H groups in total. The van der Waals surface area contributed by atoms with Gasteiger partial charge in [-0.1, -0.05) is 6.58 Å². The second kappa shape index (κ2) is 6.38. The van der Waals surface area contributed by atoms with Crippen molar-refractivity contribution in [2.24, 2.45) is 0 Å². The zero-order valence-corrected chi connectivity index (χ0v) is 13.0. The minimum Gasteiger partial charge on any atom is -0.379 e. The molecule has 2 aliphatic heterocycles. The number of ether oxygens (including phenoxy) is 2. The molecule has 122 valence electrons. The number of hydrogen-bond donors (Lipinski definition) is 0. The Morgan fingerprint density at radius 2 is 2.18 bits per heavy atom. The van der Waals surface area contributed by atoms with Gasteiger partial charge in [-0.25, -0.2) is 0 Å². The third-order valence-electron chi connectivity index (χ3n) is 5.05. The topological polar surface area (TPSA) is 59.1 Å². The van der Waals surface area contributed by atoms with Gasteiger partial charge in [0.25, 0.3) is 0 Å². The first-order valence-electron chi connectivity index (χ1n) is 8.06. The van der Waals surface area contributed by atoms with E-state index in [9.17, 15) is 9.59 Å². The maximum Gasteiger partial charge on any atom is 0.249 e. The van der Waals surface area contributed by atoms with E-state index in [0.717, 1.165) is 25.7 Å². The molecule has 0 bridgehead atoms. The van der Waals surface area contributed by atoms with Crippen molar-refractivity contribution in [1.29, 1.82) is 0 Å². The Morgan fingerprint density at radius 1 is 1.36 bits per heavy atom. The highest BCUT2D eigenvalue weighted by Crippen LogP contribution is 2.40. The summed E-state index contributed by atoms with van der Waals surface area (Å²) in [5.41, 5.74) is -0.177. The highest BCUT2D eigenvalue weighted by Gasteiger charge is 2.48. The van der Waals surface area contributed by atoms with Gasteiger partial charge >= 0.3 is 0 Å². The van der Waals surface area contributed by atoms with Gasteiger partial charge in [0.15, 0.2) is 0 Å². The molecule has 6 heteroatoms. The average molecular weight is 308 g/mol. The Hall–Kier alpha value is -1.40. The van der Waals surface area contributed by atoms with Crippen LogP contribution in [0.5, 0.6) is 0 Å². The molecule has 0 aromatic rings. The van der Waals surface area contributed by atoms with Gasteiger partial charge in [-0.2, -0.15) is 0 Å². The highest BCUT2D eigenvalue weighted by atomic mass is 16.5. The summed E-state index contributed by atoms with van der Waals surface area (Å²) < 4.78 is 10.9. The van der Waals surface area contributed by atoms with Crippen LogP contribution in [-0.2, 0) is 19.1 Å². The second-order valence-corrected chi connectivity index (χ2v) is 6.38. The SMILES string of the molecule is C=CC(=O)N1CCN(C(=O)CO[C@@H]2CCOC2)C2(CCC2)C1. The van der Waals surface area contributed by atoms with Crippen molar-refractivity contribution < 1.29 is 19.1 Å². The van der Waals surface area contributed by atoms with Gasteiger partial charge in [0.05, 0.1) is 18.2 Å². The molecule has 0 unspecified atom stereocenters. The molecule has 1 spiro atoms. The van der Waals surface area contributed by atoms with Crippen LogP contribution in [0.2, 0.25) is 0 Å². The van der Waals surface area contributed by atoms with E-state index in [2.05, 4.69) is 6.58 Å². The minimum absolute atomic E-state index is 0.0392. The maximum absolute atomic E-state index is 12.5. The number of rotatable bonds is 4. The molecule has 1 atom stereocenters. The fourth-order valence-electron chi connectivity index (χ4n) is 3.61. The molecule has 2 amide bonds. The van der Waals surface area contributed by atoms with Crippen molar-refractivity contribution in [1.82, 2.24) is 9.80 Å². The number of hydrogen-bond acceptors (Lipinski definition) is 4. The number of amides is 2. The lowest BCUT2D eigenvalue weighted by Gasteiger charge is -2.55. The van der Waals surface area contributed by atoms with Crippen LogP contribution in [0.1, 0.15) is 25.7 Å².